The van der Waals surface area contributed by atoms with Gasteiger partial charge in [-0.2, -0.15) is 0 Å². The van der Waals surface area contributed by atoms with Gasteiger partial charge in [-0.05, 0) is 25.5 Å². The minimum atomic E-state index is 0.0631. The highest BCUT2D eigenvalue weighted by molar-refractivity contribution is 5.08. The fourth-order valence-corrected chi connectivity index (χ4v) is 0.977. The number of aryl methyl sites for hydroxylation is 1. The average molecular weight is 163 g/mol. The van der Waals surface area contributed by atoms with Crippen LogP contribution in [0.5, 0.6) is 0 Å². The summed E-state index contributed by atoms with van der Waals surface area (Å²) in [4.78, 5) is 11.3. The minimum Gasteiger partial charge on any atom is -0.312 e. The molecule has 1 rings (SSSR count). The number of allylic oxidation sites excluding steroid dienone is 2. The molecule has 1 aromatic rings. The van der Waals surface area contributed by atoms with E-state index in [4.69, 9.17) is 0 Å². The average Bonchev–Trinajstić information content (AvgIpc) is 2.03. The van der Waals surface area contributed by atoms with Gasteiger partial charge < -0.3 is 4.57 Å². The molecule has 12 heavy (non-hydrogen) atoms. The van der Waals surface area contributed by atoms with Crippen molar-refractivity contribution in [1.29, 1.82) is 0 Å². The van der Waals surface area contributed by atoms with E-state index in [0.29, 0.717) is 6.54 Å². The maximum Gasteiger partial charge on any atom is 0.251 e. The SMILES string of the molecule is C/C=C/Cn1ccc(C)cc1=O. The van der Waals surface area contributed by atoms with Gasteiger partial charge in [0.1, 0.15) is 0 Å². The number of aromatic nitrogens is 1. The first-order chi connectivity index (χ1) is 5.74. The van der Waals surface area contributed by atoms with Crippen LogP contribution in [0, 0.1) is 6.92 Å². The first-order valence-corrected chi connectivity index (χ1v) is 4.02. The molecule has 0 aliphatic carbocycles. The maximum absolute atomic E-state index is 11.3. The second kappa shape index (κ2) is 3.90. The van der Waals surface area contributed by atoms with E-state index in [1.54, 1.807) is 10.6 Å². The molecule has 2 nitrogen and oxygen atoms in total. The summed E-state index contributed by atoms with van der Waals surface area (Å²) in [6, 6.07) is 3.58. The van der Waals surface area contributed by atoms with Gasteiger partial charge in [0.15, 0.2) is 0 Å². The molecule has 1 aromatic heterocycles. The van der Waals surface area contributed by atoms with E-state index >= 15 is 0 Å². The Bertz CT molecular complexity index is 336. The van der Waals surface area contributed by atoms with Gasteiger partial charge in [-0.25, -0.2) is 0 Å². The molecule has 0 N–H and O–H groups in total. The Morgan fingerprint density at radius 1 is 1.58 bits per heavy atom. The topological polar surface area (TPSA) is 22.0 Å². The quantitative estimate of drug-likeness (QED) is 0.608. The summed E-state index contributed by atoms with van der Waals surface area (Å²) in [5.41, 5.74) is 1.07. The zero-order valence-electron chi connectivity index (χ0n) is 7.45. The fourth-order valence-electron chi connectivity index (χ4n) is 0.977. The Hall–Kier alpha value is -1.31. The van der Waals surface area contributed by atoms with E-state index in [-0.39, 0.29) is 5.56 Å². The lowest BCUT2D eigenvalue weighted by Crippen LogP contribution is -2.17. The zero-order valence-corrected chi connectivity index (χ0v) is 7.45. The number of hydrogen-bond acceptors (Lipinski definition) is 1. The van der Waals surface area contributed by atoms with Crippen molar-refractivity contribution < 1.29 is 0 Å². The third-order valence-electron chi connectivity index (χ3n) is 1.69. The molecule has 64 valence electrons. The molecular formula is C10H13NO. The van der Waals surface area contributed by atoms with Crippen LogP contribution in [0.3, 0.4) is 0 Å². The molecule has 0 fully saturated rings. The smallest absolute Gasteiger partial charge is 0.251 e. The molecule has 2 heteroatoms. The Labute approximate surface area is 72.2 Å². The van der Waals surface area contributed by atoms with Gasteiger partial charge in [0.05, 0.1) is 0 Å². The maximum atomic E-state index is 11.3. The van der Waals surface area contributed by atoms with E-state index in [0.717, 1.165) is 5.56 Å². The van der Waals surface area contributed by atoms with Crippen LogP contribution in [0.2, 0.25) is 0 Å². The Balaban J connectivity index is 2.94. The van der Waals surface area contributed by atoms with Crippen molar-refractivity contribution in [3.8, 4) is 0 Å². The highest BCUT2D eigenvalue weighted by Crippen LogP contribution is 1.90. The van der Waals surface area contributed by atoms with E-state index in [2.05, 4.69) is 0 Å². The van der Waals surface area contributed by atoms with Gasteiger partial charge in [0.2, 0.25) is 0 Å². The molecular weight excluding hydrogens is 150 g/mol. The van der Waals surface area contributed by atoms with Crippen molar-refractivity contribution >= 4 is 0 Å². The van der Waals surface area contributed by atoms with Crippen LogP contribution in [0.1, 0.15) is 12.5 Å². The molecule has 1 heterocycles. The summed E-state index contributed by atoms with van der Waals surface area (Å²) < 4.78 is 1.67. The van der Waals surface area contributed by atoms with Crippen molar-refractivity contribution in [1.82, 2.24) is 4.57 Å². The Kier molecular flexibility index (Phi) is 2.86. The minimum absolute atomic E-state index is 0.0631. The predicted molar refractivity (Wildman–Crippen MR) is 50.3 cm³/mol. The van der Waals surface area contributed by atoms with Crippen molar-refractivity contribution in [2.75, 3.05) is 0 Å². The molecule has 0 aromatic carbocycles. The van der Waals surface area contributed by atoms with Gasteiger partial charge in [-0.15, -0.1) is 0 Å². The van der Waals surface area contributed by atoms with Gasteiger partial charge >= 0.3 is 0 Å². The monoisotopic (exact) mass is 163 g/mol. The molecule has 0 spiro atoms. The molecule has 0 aliphatic heterocycles. The van der Waals surface area contributed by atoms with Crippen molar-refractivity contribution in [2.45, 2.75) is 20.4 Å². The van der Waals surface area contributed by atoms with Crippen molar-refractivity contribution in [2.24, 2.45) is 0 Å². The van der Waals surface area contributed by atoms with Crippen LogP contribution in [0.4, 0.5) is 0 Å². The lowest BCUT2D eigenvalue weighted by atomic mass is 10.3. The van der Waals surface area contributed by atoms with Gasteiger partial charge in [-0.1, -0.05) is 12.2 Å². The van der Waals surface area contributed by atoms with Crippen LogP contribution < -0.4 is 5.56 Å². The van der Waals surface area contributed by atoms with Crippen LogP contribution >= 0.6 is 0 Å². The third-order valence-corrected chi connectivity index (χ3v) is 1.69. The fraction of sp³-hybridized carbons (Fsp3) is 0.300. The first-order valence-electron chi connectivity index (χ1n) is 4.02. The highest BCUT2D eigenvalue weighted by atomic mass is 16.1. The third kappa shape index (κ3) is 2.09. The van der Waals surface area contributed by atoms with Crippen LogP contribution in [-0.4, -0.2) is 4.57 Å². The van der Waals surface area contributed by atoms with Crippen LogP contribution in [0.15, 0.2) is 35.3 Å². The van der Waals surface area contributed by atoms with Crippen molar-refractivity contribution in [3.05, 3.63) is 46.4 Å². The number of rotatable bonds is 2. The summed E-state index contributed by atoms with van der Waals surface area (Å²) in [5.74, 6) is 0. The summed E-state index contributed by atoms with van der Waals surface area (Å²) in [6.07, 6.45) is 5.71. The van der Waals surface area contributed by atoms with Crippen molar-refractivity contribution in [3.63, 3.8) is 0 Å². The molecule has 0 aliphatic rings. The Morgan fingerprint density at radius 3 is 2.92 bits per heavy atom. The molecule has 0 unspecified atom stereocenters. The van der Waals surface area contributed by atoms with E-state index < -0.39 is 0 Å². The van der Waals surface area contributed by atoms with Crippen LogP contribution in [0.25, 0.3) is 0 Å². The number of pyridine rings is 1. The molecule has 0 amide bonds. The molecule has 0 saturated heterocycles. The van der Waals surface area contributed by atoms with Gasteiger partial charge in [0, 0.05) is 18.8 Å². The standard InChI is InChI=1S/C10H13NO/c1-3-4-6-11-7-5-9(2)8-10(11)12/h3-5,7-8H,6H2,1-2H3/b4-3+. The molecule has 0 atom stereocenters. The summed E-state index contributed by atoms with van der Waals surface area (Å²) in [6.45, 7) is 4.52. The summed E-state index contributed by atoms with van der Waals surface area (Å²) in [7, 11) is 0. The molecule has 0 bridgehead atoms. The van der Waals surface area contributed by atoms with E-state index in [9.17, 15) is 4.79 Å². The largest absolute Gasteiger partial charge is 0.312 e. The van der Waals surface area contributed by atoms with Gasteiger partial charge in [0.25, 0.3) is 5.56 Å². The zero-order chi connectivity index (χ0) is 8.97. The number of hydrogen-bond donors (Lipinski definition) is 0. The van der Waals surface area contributed by atoms with E-state index in [1.165, 1.54) is 0 Å². The lowest BCUT2D eigenvalue weighted by molar-refractivity contribution is 0.775. The normalized spacial score (nSPS) is 10.8. The second-order valence-corrected chi connectivity index (χ2v) is 2.76. The highest BCUT2D eigenvalue weighted by Gasteiger charge is 1.91. The van der Waals surface area contributed by atoms with Gasteiger partial charge in [-0.3, -0.25) is 4.79 Å². The predicted octanol–water partition coefficient (Wildman–Crippen LogP) is 1.73. The second-order valence-electron chi connectivity index (χ2n) is 2.76. The van der Waals surface area contributed by atoms with E-state index in [1.807, 2.05) is 38.3 Å². The first kappa shape index (κ1) is 8.78. The lowest BCUT2D eigenvalue weighted by Gasteiger charge is -2.00. The summed E-state index contributed by atoms with van der Waals surface area (Å²) in [5, 5.41) is 0. The Morgan fingerprint density at radius 2 is 2.33 bits per heavy atom. The number of nitrogens with zero attached hydrogens (tertiary/aromatic N) is 1. The molecule has 0 radical (unpaired) electrons. The molecule has 0 saturated carbocycles. The summed E-state index contributed by atoms with van der Waals surface area (Å²) >= 11 is 0. The van der Waals surface area contributed by atoms with Crippen LogP contribution in [-0.2, 0) is 6.54 Å².